The maximum absolute atomic E-state index is 10.3. The van der Waals surface area contributed by atoms with Crippen LogP contribution in [0.5, 0.6) is 0 Å². The zero-order chi connectivity index (χ0) is 21.3. The molecule has 2 aliphatic heterocycles. The number of hydrogen-bond donors (Lipinski definition) is 8. The van der Waals surface area contributed by atoms with E-state index in [1.807, 2.05) is 0 Å². The number of ether oxygens (including phenoxy) is 4. The molecule has 2 saturated heterocycles. The lowest BCUT2D eigenvalue weighted by molar-refractivity contribution is -0.274. The van der Waals surface area contributed by atoms with E-state index < -0.39 is 67.4 Å². The van der Waals surface area contributed by atoms with Crippen LogP contribution in [-0.2, 0) is 18.9 Å². The third-order valence-corrected chi connectivity index (χ3v) is 5.89. The van der Waals surface area contributed by atoms with E-state index in [0.29, 0.717) is 12.8 Å². The molecule has 12 heteroatoms. The highest BCUT2D eigenvalue weighted by molar-refractivity contribution is 4.94. The van der Waals surface area contributed by atoms with Gasteiger partial charge in [-0.3, -0.25) is 0 Å². The molecule has 12 nitrogen and oxygen atoms in total. The van der Waals surface area contributed by atoms with Crippen LogP contribution in [0.1, 0.15) is 19.3 Å². The summed E-state index contributed by atoms with van der Waals surface area (Å²) in [6.45, 7) is -0.370. The minimum atomic E-state index is -1.27. The van der Waals surface area contributed by atoms with Crippen molar-refractivity contribution >= 4 is 0 Å². The molecule has 0 unspecified atom stereocenters. The first-order chi connectivity index (χ1) is 13.7. The number of aliphatic hydroxyl groups is 4. The second kappa shape index (κ2) is 9.77. The average Bonchev–Trinajstić information content (AvgIpc) is 3.07. The van der Waals surface area contributed by atoms with E-state index in [0.717, 1.165) is 0 Å². The van der Waals surface area contributed by atoms with E-state index >= 15 is 0 Å². The second-order valence-electron chi connectivity index (χ2n) is 8.09. The summed E-state index contributed by atoms with van der Waals surface area (Å²) in [6, 6.07) is -1.68. The summed E-state index contributed by atoms with van der Waals surface area (Å²) in [5.74, 6) is 0. The van der Waals surface area contributed by atoms with Gasteiger partial charge in [-0.05, 0) is 12.8 Å². The highest BCUT2D eigenvalue weighted by Gasteiger charge is 2.47. The Kier molecular flexibility index (Phi) is 7.81. The smallest absolute Gasteiger partial charge is 0.176 e. The fraction of sp³-hybridized carbons (Fsp3) is 1.00. The van der Waals surface area contributed by atoms with Gasteiger partial charge in [-0.15, -0.1) is 0 Å². The van der Waals surface area contributed by atoms with Gasteiger partial charge in [-0.2, -0.15) is 0 Å². The van der Waals surface area contributed by atoms with Crippen molar-refractivity contribution in [3.8, 4) is 0 Å². The Bertz CT molecular complexity index is 532. The van der Waals surface area contributed by atoms with Gasteiger partial charge in [0.05, 0.1) is 31.0 Å². The molecule has 1 saturated carbocycles. The molecule has 0 spiro atoms. The first-order valence-corrected chi connectivity index (χ1v) is 9.98. The van der Waals surface area contributed by atoms with Crippen molar-refractivity contribution in [1.82, 2.24) is 0 Å². The fourth-order valence-electron chi connectivity index (χ4n) is 4.14. The zero-order valence-electron chi connectivity index (χ0n) is 16.2. The van der Waals surface area contributed by atoms with Gasteiger partial charge in [-0.25, -0.2) is 0 Å². The van der Waals surface area contributed by atoms with Crippen LogP contribution in [0.4, 0.5) is 0 Å². The van der Waals surface area contributed by atoms with Crippen LogP contribution in [0.15, 0.2) is 0 Å². The summed E-state index contributed by atoms with van der Waals surface area (Å²) >= 11 is 0. The average molecular weight is 422 g/mol. The minimum absolute atomic E-state index is 0.0266. The van der Waals surface area contributed by atoms with Gasteiger partial charge in [0.25, 0.3) is 0 Å². The molecule has 0 aromatic heterocycles. The van der Waals surface area contributed by atoms with Gasteiger partial charge >= 0.3 is 0 Å². The largest absolute Gasteiger partial charge is 0.394 e. The summed E-state index contributed by atoms with van der Waals surface area (Å²) in [7, 11) is 0. The molecule has 3 fully saturated rings. The predicted octanol–water partition coefficient (Wildman–Crippen LogP) is -4.59. The molecule has 0 aromatic rings. The summed E-state index contributed by atoms with van der Waals surface area (Å²) in [6.07, 6.45) is -6.80. The first-order valence-electron chi connectivity index (χ1n) is 9.98. The van der Waals surface area contributed by atoms with Crippen molar-refractivity contribution in [2.45, 2.75) is 92.7 Å². The monoisotopic (exact) mass is 422 g/mol. The van der Waals surface area contributed by atoms with Crippen LogP contribution in [0.25, 0.3) is 0 Å². The molecule has 29 heavy (non-hydrogen) atoms. The molecule has 0 bridgehead atoms. The SMILES string of the molecule is NC[C@@H]1O[C@H](O[C@H]2C[C@H](O[C@H]3C[C@@H](N)C[C@@H](N)[C@@H]3O)O[C@@H]2CO)[C@H](N)[C@@H](O)[C@@H]1O. The van der Waals surface area contributed by atoms with Gasteiger partial charge in [0.15, 0.2) is 12.6 Å². The Morgan fingerprint density at radius 2 is 1.55 bits per heavy atom. The normalized spacial score (nSPS) is 51.3. The van der Waals surface area contributed by atoms with E-state index in [-0.39, 0.29) is 25.6 Å². The van der Waals surface area contributed by atoms with Crippen molar-refractivity contribution in [3.05, 3.63) is 0 Å². The molecule has 2 heterocycles. The summed E-state index contributed by atoms with van der Waals surface area (Å²) in [4.78, 5) is 0. The molecular weight excluding hydrogens is 388 g/mol. The molecule has 1 aliphatic carbocycles. The molecule has 170 valence electrons. The van der Waals surface area contributed by atoms with Gasteiger partial charge in [0, 0.05) is 25.0 Å². The van der Waals surface area contributed by atoms with E-state index in [9.17, 15) is 20.4 Å². The van der Waals surface area contributed by atoms with Crippen molar-refractivity contribution < 1.29 is 39.4 Å². The lowest BCUT2D eigenvalue weighted by atomic mass is 9.87. The van der Waals surface area contributed by atoms with Crippen LogP contribution in [0, 0.1) is 0 Å². The maximum atomic E-state index is 10.3. The maximum Gasteiger partial charge on any atom is 0.176 e. The van der Waals surface area contributed by atoms with E-state index in [2.05, 4.69) is 0 Å². The van der Waals surface area contributed by atoms with Crippen LogP contribution >= 0.6 is 0 Å². The molecule has 12 N–H and O–H groups in total. The van der Waals surface area contributed by atoms with Crippen molar-refractivity contribution in [1.29, 1.82) is 0 Å². The lowest BCUT2D eigenvalue weighted by Gasteiger charge is -2.41. The second-order valence-corrected chi connectivity index (χ2v) is 8.09. The van der Waals surface area contributed by atoms with Crippen LogP contribution < -0.4 is 22.9 Å². The highest BCUT2D eigenvalue weighted by Crippen LogP contribution is 2.31. The number of aliphatic hydroxyl groups excluding tert-OH is 4. The van der Waals surface area contributed by atoms with Crippen molar-refractivity contribution in [2.24, 2.45) is 22.9 Å². The Labute approximate surface area is 169 Å². The van der Waals surface area contributed by atoms with E-state index in [1.54, 1.807) is 0 Å². The topological polar surface area (TPSA) is 222 Å². The van der Waals surface area contributed by atoms with Gasteiger partial charge < -0.3 is 62.3 Å². The molecule has 0 aromatic carbocycles. The van der Waals surface area contributed by atoms with Gasteiger partial charge in [0.2, 0.25) is 0 Å². The van der Waals surface area contributed by atoms with Crippen LogP contribution in [0.3, 0.4) is 0 Å². The van der Waals surface area contributed by atoms with E-state index in [1.165, 1.54) is 0 Å². The Morgan fingerprint density at radius 3 is 2.21 bits per heavy atom. The number of rotatable bonds is 6. The number of hydrogen-bond acceptors (Lipinski definition) is 12. The molecule has 0 radical (unpaired) electrons. The lowest BCUT2D eigenvalue weighted by Crippen LogP contribution is -2.63. The quantitative estimate of drug-likeness (QED) is 0.202. The predicted molar refractivity (Wildman–Crippen MR) is 99.0 cm³/mol. The van der Waals surface area contributed by atoms with Crippen LogP contribution in [-0.4, -0.2) is 107 Å². The van der Waals surface area contributed by atoms with E-state index in [4.69, 9.17) is 41.9 Å². The standard InChI is InChI=1S/C17H34N4O8/c18-4-10-15(24)16(25)13(21)17(29-10)28-8-3-12(27-11(8)5-22)26-9-2-6(19)1-7(20)14(9)23/h6-17,22-25H,1-5,18-21H2/t6-,7+,8-,9-,10-,11+,12+,13+,14-,15+,16+,17-/m0/s1. The van der Waals surface area contributed by atoms with Crippen molar-refractivity contribution in [2.75, 3.05) is 13.2 Å². The van der Waals surface area contributed by atoms with Crippen molar-refractivity contribution in [3.63, 3.8) is 0 Å². The highest BCUT2D eigenvalue weighted by atomic mass is 16.7. The summed E-state index contributed by atoms with van der Waals surface area (Å²) in [5, 5.41) is 40.0. The zero-order valence-corrected chi connectivity index (χ0v) is 16.2. The molecule has 3 rings (SSSR count). The minimum Gasteiger partial charge on any atom is -0.394 e. The Hall–Kier alpha value is -0.480. The fourth-order valence-corrected chi connectivity index (χ4v) is 4.14. The molecule has 12 atom stereocenters. The van der Waals surface area contributed by atoms with Crippen LogP contribution in [0.2, 0.25) is 0 Å². The summed E-state index contributed by atoms with van der Waals surface area (Å²) < 4.78 is 23.0. The molecular formula is C17H34N4O8. The Balaban J connectivity index is 1.60. The summed E-state index contributed by atoms with van der Waals surface area (Å²) in [5.41, 5.74) is 23.4. The molecule has 3 aliphatic rings. The third kappa shape index (κ3) is 5.06. The number of nitrogens with two attached hydrogens (primary N) is 4. The van der Waals surface area contributed by atoms with Gasteiger partial charge in [-0.1, -0.05) is 0 Å². The first kappa shape index (κ1) is 23.2. The van der Waals surface area contributed by atoms with Gasteiger partial charge in [0.1, 0.15) is 24.4 Å². The third-order valence-electron chi connectivity index (χ3n) is 5.89. The Morgan fingerprint density at radius 1 is 0.828 bits per heavy atom. The molecule has 0 amide bonds.